The summed E-state index contributed by atoms with van der Waals surface area (Å²) in [6.45, 7) is -0.462. The third-order valence-electron chi connectivity index (χ3n) is 12.3. The van der Waals surface area contributed by atoms with Crippen molar-refractivity contribution in [2.75, 3.05) is 6.61 Å². The van der Waals surface area contributed by atoms with Gasteiger partial charge in [-0.1, -0.05) is 96.3 Å². The minimum Gasteiger partial charge on any atom is -0.461 e. The van der Waals surface area contributed by atoms with Crippen molar-refractivity contribution in [3.63, 3.8) is 0 Å². The van der Waals surface area contributed by atoms with Gasteiger partial charge in [0.2, 0.25) is 0 Å². The van der Waals surface area contributed by atoms with Gasteiger partial charge < -0.3 is 23.7 Å². The van der Waals surface area contributed by atoms with Crippen LogP contribution in [0.25, 0.3) is 0 Å². The second kappa shape index (κ2) is 21.0. The van der Waals surface area contributed by atoms with E-state index in [9.17, 15) is 28.8 Å². The first-order valence-electron chi connectivity index (χ1n) is 20.8. The average molecular weight is 731 g/mol. The summed E-state index contributed by atoms with van der Waals surface area (Å²) in [5.41, 5.74) is 0. The number of hydrogen-bond donors (Lipinski definition) is 0. The van der Waals surface area contributed by atoms with Crippen molar-refractivity contribution >= 4 is 36.1 Å². The van der Waals surface area contributed by atoms with E-state index in [1.54, 1.807) is 0 Å². The number of rotatable bonds is 15. The van der Waals surface area contributed by atoms with E-state index in [4.69, 9.17) is 23.7 Å². The summed E-state index contributed by atoms with van der Waals surface area (Å²) in [5, 5.41) is 0. The van der Waals surface area contributed by atoms with Crippen molar-refractivity contribution < 1.29 is 52.5 Å². The van der Waals surface area contributed by atoms with Crippen LogP contribution in [0.15, 0.2) is 0 Å². The van der Waals surface area contributed by atoms with E-state index in [-0.39, 0.29) is 5.92 Å². The third kappa shape index (κ3) is 11.8. The van der Waals surface area contributed by atoms with E-state index in [0.29, 0.717) is 70.5 Å². The fraction of sp³-hybridized carbons (Fsp3) is 0.854. The Hall–Kier alpha value is -2.98. The van der Waals surface area contributed by atoms with Crippen molar-refractivity contribution in [1.29, 1.82) is 0 Å². The molecule has 5 saturated carbocycles. The van der Waals surface area contributed by atoms with Gasteiger partial charge in [-0.2, -0.15) is 0 Å². The summed E-state index contributed by atoms with van der Waals surface area (Å²) in [7, 11) is 0. The minimum atomic E-state index is -1.64. The van der Waals surface area contributed by atoms with Crippen LogP contribution in [0, 0.1) is 29.6 Å². The van der Waals surface area contributed by atoms with Crippen molar-refractivity contribution in [1.82, 2.24) is 0 Å². The lowest BCUT2D eigenvalue weighted by Gasteiger charge is -2.37. The molecule has 0 bridgehead atoms. The SMILES string of the molecule is O=C[C@H](OC(=O)C1CCCCC1)[C@@H](OC(=O)C1CCCCC1)[C@H](OC(=O)C1CCCCC1)[C@@H](COC(=O)C1CCCCC1)OC(=O)C1CCCCC1. The van der Waals surface area contributed by atoms with E-state index in [1.165, 1.54) is 0 Å². The Balaban J connectivity index is 1.49. The molecule has 11 nitrogen and oxygen atoms in total. The molecule has 0 radical (unpaired) electrons. The van der Waals surface area contributed by atoms with Gasteiger partial charge in [0.25, 0.3) is 0 Å². The normalized spacial score (nSPS) is 24.0. The summed E-state index contributed by atoms with van der Waals surface area (Å²) in [6.07, 6.45) is 14.2. The summed E-state index contributed by atoms with van der Waals surface area (Å²) in [6, 6.07) is 0. The van der Waals surface area contributed by atoms with Gasteiger partial charge in [0, 0.05) is 0 Å². The van der Waals surface area contributed by atoms with Gasteiger partial charge in [-0.05, 0) is 64.2 Å². The van der Waals surface area contributed by atoms with Gasteiger partial charge in [0.15, 0.2) is 30.7 Å². The molecule has 0 aromatic heterocycles. The molecule has 0 amide bonds. The molecule has 0 heterocycles. The molecule has 5 aliphatic carbocycles. The van der Waals surface area contributed by atoms with Crippen LogP contribution in [-0.2, 0) is 52.5 Å². The maximum absolute atomic E-state index is 14.0. The fourth-order valence-electron chi connectivity index (χ4n) is 8.95. The largest absolute Gasteiger partial charge is 0.461 e. The van der Waals surface area contributed by atoms with Crippen molar-refractivity contribution in [2.24, 2.45) is 29.6 Å². The Morgan fingerprint density at radius 2 is 0.712 bits per heavy atom. The molecule has 5 aliphatic rings. The molecule has 0 unspecified atom stereocenters. The highest BCUT2D eigenvalue weighted by Crippen LogP contribution is 2.33. The van der Waals surface area contributed by atoms with Gasteiger partial charge in [-0.25, -0.2) is 0 Å². The summed E-state index contributed by atoms with van der Waals surface area (Å²) in [5.74, 6) is -4.66. The highest BCUT2D eigenvalue weighted by molar-refractivity contribution is 5.78. The Labute approximate surface area is 309 Å². The average Bonchev–Trinajstić information content (AvgIpc) is 3.21. The van der Waals surface area contributed by atoms with Crippen LogP contribution in [0.3, 0.4) is 0 Å². The first-order chi connectivity index (χ1) is 25.3. The van der Waals surface area contributed by atoms with Crippen molar-refractivity contribution in [2.45, 2.75) is 185 Å². The van der Waals surface area contributed by atoms with Gasteiger partial charge in [0.05, 0.1) is 29.6 Å². The second-order valence-corrected chi connectivity index (χ2v) is 16.1. The van der Waals surface area contributed by atoms with Crippen molar-refractivity contribution in [3.05, 3.63) is 0 Å². The number of esters is 5. The lowest BCUT2D eigenvalue weighted by molar-refractivity contribution is -0.210. The smallest absolute Gasteiger partial charge is 0.309 e. The lowest BCUT2D eigenvalue weighted by Crippen LogP contribution is -2.55. The first-order valence-corrected chi connectivity index (χ1v) is 20.8. The molecule has 292 valence electrons. The zero-order valence-electron chi connectivity index (χ0n) is 31.1. The number of aldehydes is 1. The number of hydrogen-bond acceptors (Lipinski definition) is 11. The molecular formula is C41H62O11. The standard InChI is InChI=1S/C41H62O11/c42-26-33(49-38(44)29-18-8-2-9-19-29)35(51-40(46)31-22-12-4-13-23-31)36(52-41(47)32-24-14-5-15-25-32)34(50-39(45)30-20-10-3-11-21-30)27-48-37(43)28-16-6-1-7-17-28/h26,28-36H,1-25,27H2/t33-,34+,35+,36+/m0/s1. The molecule has 0 aromatic carbocycles. The second-order valence-electron chi connectivity index (χ2n) is 16.1. The Morgan fingerprint density at radius 1 is 0.404 bits per heavy atom. The van der Waals surface area contributed by atoms with Crippen LogP contribution < -0.4 is 0 Å². The van der Waals surface area contributed by atoms with E-state index < -0.39 is 84.5 Å². The van der Waals surface area contributed by atoms with Crippen LogP contribution in [-0.4, -0.2) is 67.2 Å². The maximum atomic E-state index is 14.0. The lowest BCUT2D eigenvalue weighted by atomic mass is 9.88. The van der Waals surface area contributed by atoms with E-state index in [2.05, 4.69) is 0 Å². The number of carbonyl (C=O) groups is 6. The van der Waals surface area contributed by atoms with E-state index in [0.717, 1.165) is 96.3 Å². The maximum Gasteiger partial charge on any atom is 0.309 e. The minimum absolute atomic E-state index is 0.300. The van der Waals surface area contributed by atoms with Crippen LogP contribution in [0.2, 0.25) is 0 Å². The van der Waals surface area contributed by atoms with Crippen molar-refractivity contribution in [3.8, 4) is 0 Å². The molecule has 0 spiro atoms. The number of ether oxygens (including phenoxy) is 5. The molecule has 11 heteroatoms. The highest BCUT2D eigenvalue weighted by Gasteiger charge is 2.47. The van der Waals surface area contributed by atoms with Crippen LogP contribution >= 0.6 is 0 Å². The zero-order valence-corrected chi connectivity index (χ0v) is 31.1. The van der Waals surface area contributed by atoms with Gasteiger partial charge in [-0.15, -0.1) is 0 Å². The summed E-state index contributed by atoms with van der Waals surface area (Å²) < 4.78 is 30.3. The van der Waals surface area contributed by atoms with Crippen LogP contribution in [0.4, 0.5) is 0 Å². The van der Waals surface area contributed by atoms with E-state index >= 15 is 0 Å². The summed E-state index contributed by atoms with van der Waals surface area (Å²) >= 11 is 0. The van der Waals surface area contributed by atoms with E-state index in [1.807, 2.05) is 0 Å². The Bertz CT molecular complexity index is 1170. The predicted octanol–water partition coefficient (Wildman–Crippen LogP) is 7.28. The molecule has 52 heavy (non-hydrogen) atoms. The monoisotopic (exact) mass is 730 g/mol. The molecule has 5 fully saturated rings. The Kier molecular flexibility index (Phi) is 16.3. The quantitative estimate of drug-likeness (QED) is 0.0951. The Morgan fingerprint density at radius 3 is 1.08 bits per heavy atom. The molecular weight excluding hydrogens is 668 g/mol. The zero-order chi connectivity index (χ0) is 36.7. The third-order valence-corrected chi connectivity index (χ3v) is 12.3. The van der Waals surface area contributed by atoms with Crippen LogP contribution in [0.5, 0.6) is 0 Å². The highest BCUT2D eigenvalue weighted by atomic mass is 16.6. The molecule has 0 saturated heterocycles. The first kappa shape index (κ1) is 40.2. The number of carbonyl (C=O) groups excluding carboxylic acids is 6. The summed E-state index contributed by atoms with van der Waals surface area (Å²) in [4.78, 5) is 81.5. The fourth-order valence-corrected chi connectivity index (χ4v) is 8.95. The van der Waals surface area contributed by atoms with Gasteiger partial charge >= 0.3 is 29.8 Å². The predicted molar refractivity (Wildman–Crippen MR) is 189 cm³/mol. The molecule has 0 aliphatic heterocycles. The molecule has 0 N–H and O–H groups in total. The molecule has 4 atom stereocenters. The molecule has 0 aromatic rings. The topological polar surface area (TPSA) is 149 Å². The van der Waals surface area contributed by atoms with Crippen LogP contribution in [0.1, 0.15) is 161 Å². The van der Waals surface area contributed by atoms with Gasteiger partial charge in [0.1, 0.15) is 6.61 Å². The van der Waals surface area contributed by atoms with Gasteiger partial charge in [-0.3, -0.25) is 28.8 Å². The molecule has 5 rings (SSSR count).